The van der Waals surface area contributed by atoms with E-state index >= 15 is 0 Å². The molecule has 1 N–H and O–H groups in total. The predicted molar refractivity (Wildman–Crippen MR) is 110 cm³/mol. The number of nitrogens with zero attached hydrogens (tertiary/aromatic N) is 2. The van der Waals surface area contributed by atoms with E-state index in [1.54, 1.807) is 29.2 Å². The molecule has 1 aliphatic heterocycles. The van der Waals surface area contributed by atoms with Crippen LogP contribution < -0.4 is 0 Å². The number of carboxylic acids is 1. The summed E-state index contributed by atoms with van der Waals surface area (Å²) in [6.07, 6.45) is 1.04. The second-order valence-corrected chi connectivity index (χ2v) is 7.39. The molecule has 6 nitrogen and oxygen atoms in total. The van der Waals surface area contributed by atoms with E-state index in [1.165, 1.54) is 5.56 Å². The van der Waals surface area contributed by atoms with Crippen molar-refractivity contribution in [2.45, 2.75) is 26.2 Å². The smallest absolute Gasteiger partial charge is 0.335 e. The molecule has 1 fully saturated rings. The monoisotopic (exact) mass is 394 g/mol. The molecule has 29 heavy (non-hydrogen) atoms. The van der Waals surface area contributed by atoms with Crippen molar-refractivity contribution in [1.82, 2.24) is 9.80 Å². The van der Waals surface area contributed by atoms with Crippen LogP contribution in [0.15, 0.2) is 48.5 Å². The van der Waals surface area contributed by atoms with Crippen LogP contribution >= 0.6 is 0 Å². The molecule has 0 atom stereocenters. The van der Waals surface area contributed by atoms with Crippen LogP contribution in [0.4, 0.5) is 0 Å². The lowest BCUT2D eigenvalue weighted by Gasteiger charge is -2.35. The number of piperazine rings is 1. The molecular weight excluding hydrogens is 368 g/mol. The molecule has 2 aromatic rings. The van der Waals surface area contributed by atoms with Gasteiger partial charge in [-0.2, -0.15) is 0 Å². The fourth-order valence-corrected chi connectivity index (χ4v) is 3.54. The first-order chi connectivity index (χ1) is 13.9. The second-order valence-electron chi connectivity index (χ2n) is 7.39. The molecule has 6 heteroatoms. The third kappa shape index (κ3) is 5.44. The molecule has 1 aliphatic rings. The Morgan fingerprint density at radius 3 is 2.07 bits per heavy atom. The number of carbonyl (C=O) groups excluding carboxylic acids is 2. The van der Waals surface area contributed by atoms with Crippen molar-refractivity contribution in [3.63, 3.8) is 0 Å². The van der Waals surface area contributed by atoms with Crippen molar-refractivity contribution in [3.05, 3.63) is 70.8 Å². The maximum atomic E-state index is 12.5. The number of carbonyl (C=O) groups is 3. The molecule has 0 aromatic heterocycles. The molecule has 2 aromatic carbocycles. The zero-order valence-corrected chi connectivity index (χ0v) is 16.6. The number of hydrogen-bond acceptors (Lipinski definition) is 3. The minimum absolute atomic E-state index is 0.00387. The second kappa shape index (κ2) is 9.37. The van der Waals surface area contributed by atoms with Gasteiger partial charge in [-0.15, -0.1) is 0 Å². The van der Waals surface area contributed by atoms with Gasteiger partial charge in [0.15, 0.2) is 0 Å². The van der Waals surface area contributed by atoms with Gasteiger partial charge >= 0.3 is 5.97 Å². The molecule has 2 amide bonds. The number of aryl methyl sites for hydroxylation is 2. The summed E-state index contributed by atoms with van der Waals surface area (Å²) in [5, 5.41) is 9.25. The van der Waals surface area contributed by atoms with Crippen molar-refractivity contribution in [1.29, 1.82) is 0 Å². The number of amides is 2. The van der Waals surface area contributed by atoms with Crippen LogP contribution in [0, 0.1) is 6.92 Å². The average molecular weight is 394 g/mol. The van der Waals surface area contributed by atoms with Crippen molar-refractivity contribution in [3.8, 4) is 0 Å². The molecule has 0 bridgehead atoms. The zero-order chi connectivity index (χ0) is 20.8. The Hall–Kier alpha value is -3.15. The number of benzene rings is 2. The molecular formula is C23H26N2O4. The van der Waals surface area contributed by atoms with Crippen molar-refractivity contribution in [2.24, 2.45) is 0 Å². The maximum absolute atomic E-state index is 12.5. The molecule has 0 aliphatic carbocycles. The van der Waals surface area contributed by atoms with Crippen LogP contribution in [-0.4, -0.2) is 58.9 Å². The minimum atomic E-state index is -0.978. The quantitative estimate of drug-likeness (QED) is 0.817. The third-order valence-corrected chi connectivity index (χ3v) is 5.32. The highest BCUT2D eigenvalue weighted by molar-refractivity contribution is 5.89. The van der Waals surface area contributed by atoms with Crippen molar-refractivity contribution >= 4 is 17.8 Å². The van der Waals surface area contributed by atoms with Crippen LogP contribution in [0.3, 0.4) is 0 Å². The first kappa shape index (κ1) is 20.6. The van der Waals surface area contributed by atoms with Crippen LogP contribution in [0.5, 0.6) is 0 Å². The Balaban J connectivity index is 1.47. The van der Waals surface area contributed by atoms with Gasteiger partial charge < -0.3 is 14.9 Å². The normalized spacial score (nSPS) is 14.0. The highest BCUT2D eigenvalue weighted by Gasteiger charge is 2.24. The van der Waals surface area contributed by atoms with E-state index < -0.39 is 5.97 Å². The van der Waals surface area contributed by atoms with Gasteiger partial charge in [0.25, 0.3) is 0 Å². The van der Waals surface area contributed by atoms with E-state index in [1.807, 2.05) is 36.1 Å². The summed E-state index contributed by atoms with van der Waals surface area (Å²) in [6.45, 7) is 4.10. The molecule has 152 valence electrons. The summed E-state index contributed by atoms with van der Waals surface area (Å²) in [4.78, 5) is 39.9. The van der Waals surface area contributed by atoms with Gasteiger partial charge in [0.1, 0.15) is 0 Å². The van der Waals surface area contributed by atoms with Crippen molar-refractivity contribution < 1.29 is 19.5 Å². The predicted octanol–water partition coefficient (Wildman–Crippen LogP) is 2.54. The number of carboxylic acid groups (broad SMARTS) is 1. The summed E-state index contributed by atoms with van der Waals surface area (Å²) in [6, 6.07) is 14.7. The Morgan fingerprint density at radius 2 is 1.45 bits per heavy atom. The van der Waals surface area contributed by atoms with Crippen LogP contribution in [0.1, 0.15) is 33.5 Å². The summed E-state index contributed by atoms with van der Waals surface area (Å²) in [5.41, 5.74) is 3.07. The largest absolute Gasteiger partial charge is 0.478 e. The van der Waals surface area contributed by atoms with Gasteiger partial charge in [0, 0.05) is 32.6 Å². The number of aromatic carboxylic acids is 1. The fourth-order valence-electron chi connectivity index (χ4n) is 3.54. The van der Waals surface area contributed by atoms with Gasteiger partial charge in [0.05, 0.1) is 12.0 Å². The first-order valence-corrected chi connectivity index (χ1v) is 9.86. The molecule has 1 heterocycles. The Morgan fingerprint density at radius 1 is 0.862 bits per heavy atom. The number of hydrogen-bond donors (Lipinski definition) is 1. The van der Waals surface area contributed by atoms with Crippen LogP contribution in [0.25, 0.3) is 0 Å². The Kier molecular flexibility index (Phi) is 6.65. The maximum Gasteiger partial charge on any atom is 0.335 e. The highest BCUT2D eigenvalue weighted by atomic mass is 16.4. The summed E-state index contributed by atoms with van der Waals surface area (Å²) < 4.78 is 0. The minimum Gasteiger partial charge on any atom is -0.478 e. The number of rotatable bonds is 6. The van der Waals surface area contributed by atoms with E-state index in [9.17, 15) is 19.5 Å². The standard InChI is InChI=1S/C23H26N2O4/c1-17-6-8-18(9-7-17)16-22(27)25-14-12-24(13-15-25)21(26)11-10-19-4-2-3-5-20(19)23(28)29/h2-9H,10-16H2,1H3,(H,28,29). The molecule has 0 saturated carbocycles. The highest BCUT2D eigenvalue weighted by Crippen LogP contribution is 2.14. The summed E-state index contributed by atoms with van der Waals surface area (Å²) in [5.74, 6) is -0.902. The van der Waals surface area contributed by atoms with Crippen LogP contribution in [-0.2, 0) is 22.4 Å². The average Bonchev–Trinajstić information content (AvgIpc) is 2.74. The van der Waals surface area contributed by atoms with E-state index in [-0.39, 0.29) is 23.8 Å². The van der Waals surface area contributed by atoms with Gasteiger partial charge in [0.2, 0.25) is 11.8 Å². The van der Waals surface area contributed by atoms with Crippen LogP contribution in [0.2, 0.25) is 0 Å². The van der Waals surface area contributed by atoms with Gasteiger partial charge in [-0.1, -0.05) is 48.0 Å². The molecule has 3 rings (SSSR count). The lowest BCUT2D eigenvalue weighted by atomic mass is 10.0. The summed E-state index contributed by atoms with van der Waals surface area (Å²) >= 11 is 0. The molecule has 0 unspecified atom stereocenters. The fraction of sp³-hybridized carbons (Fsp3) is 0.348. The van der Waals surface area contributed by atoms with Gasteiger partial charge in [-0.25, -0.2) is 4.79 Å². The lowest BCUT2D eigenvalue weighted by molar-refractivity contribution is -0.139. The summed E-state index contributed by atoms with van der Waals surface area (Å²) in [7, 11) is 0. The SMILES string of the molecule is Cc1ccc(CC(=O)N2CCN(C(=O)CCc3ccccc3C(=O)O)CC2)cc1. The topological polar surface area (TPSA) is 77.9 Å². The Bertz CT molecular complexity index is 884. The van der Waals surface area contributed by atoms with E-state index in [0.717, 1.165) is 5.56 Å². The first-order valence-electron chi connectivity index (χ1n) is 9.86. The molecule has 0 radical (unpaired) electrons. The zero-order valence-electron chi connectivity index (χ0n) is 16.6. The van der Waals surface area contributed by atoms with Gasteiger partial charge in [-0.05, 0) is 30.5 Å². The lowest BCUT2D eigenvalue weighted by Crippen LogP contribution is -2.51. The van der Waals surface area contributed by atoms with Gasteiger partial charge in [-0.3, -0.25) is 9.59 Å². The Labute approximate surface area is 170 Å². The molecule has 0 spiro atoms. The van der Waals surface area contributed by atoms with Crippen molar-refractivity contribution in [2.75, 3.05) is 26.2 Å². The third-order valence-electron chi connectivity index (χ3n) is 5.32. The molecule has 1 saturated heterocycles. The van der Waals surface area contributed by atoms with E-state index in [2.05, 4.69) is 0 Å². The van der Waals surface area contributed by atoms with E-state index in [4.69, 9.17) is 0 Å². The van der Waals surface area contributed by atoms with E-state index in [0.29, 0.717) is 44.6 Å².